The van der Waals surface area contributed by atoms with Crippen molar-refractivity contribution in [3.8, 4) is 0 Å². The maximum absolute atomic E-state index is 12.1. The minimum absolute atomic E-state index is 0.196. The Hall–Kier alpha value is -0.390. The predicted molar refractivity (Wildman–Crippen MR) is 76.7 cm³/mol. The number of amides is 1. The second kappa shape index (κ2) is 6.68. The van der Waals surface area contributed by atoms with Gasteiger partial charge in [-0.05, 0) is 47.2 Å². The molecule has 0 aromatic carbocycles. The fourth-order valence-corrected chi connectivity index (χ4v) is 3.77. The summed E-state index contributed by atoms with van der Waals surface area (Å²) >= 11 is 5.11. The van der Waals surface area contributed by atoms with Crippen molar-refractivity contribution in [2.24, 2.45) is 5.92 Å². The molecule has 1 fully saturated rings. The number of nitrogens with zero attached hydrogens (tertiary/aromatic N) is 1. The van der Waals surface area contributed by atoms with E-state index in [1.807, 2.05) is 10.3 Å². The Bertz CT molecular complexity index is 407. The summed E-state index contributed by atoms with van der Waals surface area (Å²) in [5.41, 5.74) is 0. The number of carbonyl (C=O) groups is 1. The molecule has 2 heterocycles. The molecule has 18 heavy (non-hydrogen) atoms. The van der Waals surface area contributed by atoms with E-state index in [1.54, 1.807) is 11.3 Å². The van der Waals surface area contributed by atoms with E-state index < -0.39 is 0 Å². The van der Waals surface area contributed by atoms with Crippen molar-refractivity contribution in [1.29, 1.82) is 0 Å². The SMILES string of the molecule is O=C(CCc1cc(Br)cs1)N1CCCC(CO)C1. The number of piperidine rings is 1. The van der Waals surface area contributed by atoms with Crippen molar-refractivity contribution in [2.45, 2.75) is 25.7 Å². The van der Waals surface area contributed by atoms with Crippen molar-refractivity contribution in [2.75, 3.05) is 19.7 Å². The molecule has 1 aromatic rings. The van der Waals surface area contributed by atoms with Gasteiger partial charge in [0.05, 0.1) is 0 Å². The summed E-state index contributed by atoms with van der Waals surface area (Å²) in [7, 11) is 0. The molecule has 3 nitrogen and oxygen atoms in total. The van der Waals surface area contributed by atoms with Gasteiger partial charge < -0.3 is 10.0 Å². The number of aliphatic hydroxyl groups is 1. The number of aliphatic hydroxyl groups excluding tert-OH is 1. The molecule has 0 radical (unpaired) electrons. The Kier molecular flexibility index (Phi) is 5.21. The summed E-state index contributed by atoms with van der Waals surface area (Å²) in [4.78, 5) is 15.2. The molecule has 2 rings (SSSR count). The largest absolute Gasteiger partial charge is 0.396 e. The summed E-state index contributed by atoms with van der Waals surface area (Å²) in [6.45, 7) is 1.77. The number of halogens is 1. The molecule has 0 spiro atoms. The Balaban J connectivity index is 1.80. The van der Waals surface area contributed by atoms with E-state index in [1.165, 1.54) is 4.88 Å². The lowest BCUT2D eigenvalue weighted by atomic mass is 9.98. The minimum Gasteiger partial charge on any atom is -0.396 e. The highest BCUT2D eigenvalue weighted by molar-refractivity contribution is 9.10. The number of thiophene rings is 1. The van der Waals surface area contributed by atoms with Gasteiger partial charge in [-0.25, -0.2) is 0 Å². The van der Waals surface area contributed by atoms with E-state index in [9.17, 15) is 4.79 Å². The first-order chi connectivity index (χ1) is 8.69. The van der Waals surface area contributed by atoms with Crippen LogP contribution in [-0.4, -0.2) is 35.6 Å². The van der Waals surface area contributed by atoms with Gasteiger partial charge in [0.2, 0.25) is 5.91 Å². The highest BCUT2D eigenvalue weighted by atomic mass is 79.9. The van der Waals surface area contributed by atoms with Gasteiger partial charge in [-0.2, -0.15) is 0 Å². The zero-order chi connectivity index (χ0) is 13.0. The molecule has 0 saturated carbocycles. The van der Waals surface area contributed by atoms with Crippen molar-refractivity contribution in [3.63, 3.8) is 0 Å². The van der Waals surface area contributed by atoms with Crippen molar-refractivity contribution >= 4 is 33.2 Å². The number of hydrogen-bond donors (Lipinski definition) is 1. The number of hydrogen-bond acceptors (Lipinski definition) is 3. The lowest BCUT2D eigenvalue weighted by Crippen LogP contribution is -2.41. The lowest BCUT2D eigenvalue weighted by molar-refractivity contribution is -0.133. The van der Waals surface area contributed by atoms with Crippen LogP contribution in [0.5, 0.6) is 0 Å². The van der Waals surface area contributed by atoms with Gasteiger partial charge in [-0.15, -0.1) is 11.3 Å². The number of aryl methyl sites for hydroxylation is 1. The van der Waals surface area contributed by atoms with Gasteiger partial charge in [0.15, 0.2) is 0 Å². The van der Waals surface area contributed by atoms with Crippen LogP contribution in [0.2, 0.25) is 0 Å². The molecule has 1 saturated heterocycles. The molecule has 1 unspecified atom stereocenters. The van der Waals surface area contributed by atoms with Crippen LogP contribution < -0.4 is 0 Å². The minimum atomic E-state index is 0.196. The van der Waals surface area contributed by atoms with Crippen LogP contribution in [0.1, 0.15) is 24.1 Å². The first-order valence-corrected chi connectivity index (χ1v) is 7.98. The van der Waals surface area contributed by atoms with Crippen LogP contribution in [0.3, 0.4) is 0 Å². The molecule has 0 aliphatic carbocycles. The number of likely N-dealkylation sites (tertiary alicyclic amines) is 1. The third-order valence-corrected chi connectivity index (χ3v) is 5.09. The molecule has 5 heteroatoms. The van der Waals surface area contributed by atoms with E-state index in [0.29, 0.717) is 6.42 Å². The zero-order valence-corrected chi connectivity index (χ0v) is 12.7. The average molecular weight is 332 g/mol. The van der Waals surface area contributed by atoms with Crippen LogP contribution in [-0.2, 0) is 11.2 Å². The van der Waals surface area contributed by atoms with Gasteiger partial charge in [-0.3, -0.25) is 4.79 Å². The van der Waals surface area contributed by atoms with Crippen LogP contribution in [0.15, 0.2) is 15.9 Å². The monoisotopic (exact) mass is 331 g/mol. The van der Waals surface area contributed by atoms with Crippen molar-refractivity contribution in [1.82, 2.24) is 4.90 Å². The third-order valence-electron chi connectivity index (χ3n) is 3.34. The first-order valence-electron chi connectivity index (χ1n) is 6.30. The average Bonchev–Trinajstić information content (AvgIpc) is 2.82. The van der Waals surface area contributed by atoms with Gasteiger partial charge in [0.1, 0.15) is 0 Å². The fraction of sp³-hybridized carbons (Fsp3) is 0.615. The Labute approximate surface area is 120 Å². The molecule has 1 aliphatic rings. The molecule has 1 N–H and O–H groups in total. The Morgan fingerprint density at radius 1 is 1.61 bits per heavy atom. The Morgan fingerprint density at radius 2 is 2.44 bits per heavy atom. The van der Waals surface area contributed by atoms with Gasteiger partial charge >= 0.3 is 0 Å². The molecule has 0 bridgehead atoms. The summed E-state index contributed by atoms with van der Waals surface area (Å²) in [5, 5.41) is 11.2. The highest BCUT2D eigenvalue weighted by Crippen LogP contribution is 2.22. The van der Waals surface area contributed by atoms with E-state index in [4.69, 9.17) is 5.11 Å². The molecule has 100 valence electrons. The molecule has 1 atom stereocenters. The standard InChI is InChI=1S/C13H18BrNO2S/c14-11-6-12(18-9-11)3-4-13(17)15-5-1-2-10(7-15)8-16/h6,9-10,16H,1-5,7-8H2. The first kappa shape index (κ1) is 14.0. The number of carbonyl (C=O) groups excluding carboxylic acids is 1. The summed E-state index contributed by atoms with van der Waals surface area (Å²) in [6, 6.07) is 2.07. The lowest BCUT2D eigenvalue weighted by Gasteiger charge is -2.31. The summed E-state index contributed by atoms with van der Waals surface area (Å²) in [6.07, 6.45) is 3.44. The quantitative estimate of drug-likeness (QED) is 0.921. The molecule has 1 aromatic heterocycles. The van der Waals surface area contributed by atoms with Crippen LogP contribution in [0.25, 0.3) is 0 Å². The smallest absolute Gasteiger partial charge is 0.222 e. The van der Waals surface area contributed by atoms with Crippen LogP contribution in [0.4, 0.5) is 0 Å². The normalized spacial score (nSPS) is 20.1. The fourth-order valence-electron chi connectivity index (χ4n) is 2.31. The van der Waals surface area contributed by atoms with Crippen LogP contribution in [0, 0.1) is 5.92 Å². The van der Waals surface area contributed by atoms with E-state index in [2.05, 4.69) is 22.0 Å². The second-order valence-corrected chi connectivity index (χ2v) is 6.67. The molecule has 1 aliphatic heterocycles. The van der Waals surface area contributed by atoms with Gasteiger partial charge in [-0.1, -0.05) is 0 Å². The summed E-state index contributed by atoms with van der Waals surface area (Å²) < 4.78 is 1.09. The third kappa shape index (κ3) is 3.80. The van der Waals surface area contributed by atoms with Crippen molar-refractivity contribution < 1.29 is 9.90 Å². The molecule has 1 amide bonds. The Morgan fingerprint density at radius 3 is 3.11 bits per heavy atom. The highest BCUT2D eigenvalue weighted by Gasteiger charge is 2.22. The number of rotatable bonds is 4. The maximum atomic E-state index is 12.1. The maximum Gasteiger partial charge on any atom is 0.222 e. The predicted octanol–water partition coefficient (Wildman–Crippen LogP) is 2.67. The van der Waals surface area contributed by atoms with E-state index in [0.717, 1.165) is 36.8 Å². The molecular weight excluding hydrogens is 314 g/mol. The van der Waals surface area contributed by atoms with Gasteiger partial charge in [0, 0.05) is 40.8 Å². The zero-order valence-electron chi connectivity index (χ0n) is 10.3. The molecular formula is C13H18BrNO2S. The second-order valence-electron chi connectivity index (χ2n) is 4.76. The van der Waals surface area contributed by atoms with E-state index >= 15 is 0 Å². The summed E-state index contributed by atoms with van der Waals surface area (Å²) in [5.74, 6) is 0.497. The van der Waals surface area contributed by atoms with Crippen molar-refractivity contribution in [3.05, 3.63) is 20.8 Å². The van der Waals surface area contributed by atoms with Gasteiger partial charge in [0.25, 0.3) is 0 Å². The topological polar surface area (TPSA) is 40.5 Å². The van der Waals surface area contributed by atoms with Crippen LogP contribution >= 0.6 is 27.3 Å². The van der Waals surface area contributed by atoms with E-state index in [-0.39, 0.29) is 18.4 Å².